The first-order valence-corrected chi connectivity index (χ1v) is 5.82. The number of carbonyl (C=O) groups is 2. The highest BCUT2D eigenvalue weighted by molar-refractivity contribution is 6.35. The third kappa shape index (κ3) is 2.28. The van der Waals surface area contributed by atoms with E-state index >= 15 is 0 Å². The van der Waals surface area contributed by atoms with Crippen molar-refractivity contribution in [3.63, 3.8) is 0 Å². The number of hydrogen-bond acceptors (Lipinski definition) is 2. The molecule has 1 aromatic rings. The van der Waals surface area contributed by atoms with Gasteiger partial charge in [0.25, 0.3) is 5.91 Å². The van der Waals surface area contributed by atoms with Crippen LogP contribution in [0.1, 0.15) is 6.42 Å². The van der Waals surface area contributed by atoms with Crippen LogP contribution in [0.3, 0.4) is 0 Å². The summed E-state index contributed by atoms with van der Waals surface area (Å²) in [6.07, 6.45) is 5.28. The van der Waals surface area contributed by atoms with Crippen LogP contribution in [-0.4, -0.2) is 18.0 Å². The van der Waals surface area contributed by atoms with E-state index in [-0.39, 0.29) is 6.42 Å². The van der Waals surface area contributed by atoms with E-state index in [2.05, 4.69) is 11.2 Å². The van der Waals surface area contributed by atoms with Crippen LogP contribution in [0.4, 0.5) is 10.5 Å². The van der Waals surface area contributed by atoms with Crippen LogP contribution >= 0.6 is 23.2 Å². The molecule has 0 bridgehead atoms. The molecule has 0 aromatic heterocycles. The van der Waals surface area contributed by atoms with E-state index in [1.165, 1.54) is 18.2 Å². The second-order valence-corrected chi connectivity index (χ2v) is 4.58. The average Bonchev–Trinajstić information content (AvgIpc) is 2.53. The Labute approximate surface area is 114 Å². The minimum Gasteiger partial charge on any atom is -0.324 e. The average molecular weight is 283 g/mol. The van der Waals surface area contributed by atoms with Crippen molar-refractivity contribution in [1.29, 1.82) is 0 Å². The van der Waals surface area contributed by atoms with Crippen LogP contribution in [-0.2, 0) is 4.79 Å². The van der Waals surface area contributed by atoms with E-state index in [1.807, 2.05) is 0 Å². The van der Waals surface area contributed by atoms with Crippen LogP contribution in [0.15, 0.2) is 18.2 Å². The predicted molar refractivity (Wildman–Crippen MR) is 69.7 cm³/mol. The Kier molecular flexibility index (Phi) is 3.46. The first-order valence-electron chi connectivity index (χ1n) is 5.07. The number of hydrogen-bond donors (Lipinski definition) is 1. The fraction of sp³-hybridized carbons (Fsp3) is 0.167. The lowest BCUT2D eigenvalue weighted by molar-refractivity contribution is -0.118. The third-order valence-electron chi connectivity index (χ3n) is 2.45. The fourth-order valence-electron chi connectivity index (χ4n) is 1.70. The Morgan fingerprint density at radius 1 is 1.28 bits per heavy atom. The van der Waals surface area contributed by atoms with Gasteiger partial charge < -0.3 is 5.32 Å². The van der Waals surface area contributed by atoms with Gasteiger partial charge in [0, 0.05) is 16.5 Å². The summed E-state index contributed by atoms with van der Waals surface area (Å²) >= 11 is 11.7. The number of amides is 3. The van der Waals surface area contributed by atoms with E-state index in [1.54, 1.807) is 0 Å². The summed E-state index contributed by atoms with van der Waals surface area (Å²) < 4.78 is 0. The standard InChI is InChI=1S/C12H8Cl2N2O2/c1-2-3-10-11(17)16(12(18)15-10)9-5-7(13)4-8(14)6-9/h1,4-6,10H,3H2,(H,15,18). The highest BCUT2D eigenvalue weighted by Gasteiger charge is 2.38. The Hall–Kier alpha value is -1.70. The molecule has 2 rings (SSSR count). The zero-order chi connectivity index (χ0) is 13.3. The Balaban J connectivity index is 2.36. The summed E-state index contributed by atoms with van der Waals surface area (Å²) in [5.41, 5.74) is 0.328. The van der Waals surface area contributed by atoms with Crippen molar-refractivity contribution >= 4 is 40.8 Å². The second kappa shape index (κ2) is 4.89. The topological polar surface area (TPSA) is 49.4 Å². The zero-order valence-electron chi connectivity index (χ0n) is 9.11. The van der Waals surface area contributed by atoms with Crippen molar-refractivity contribution in [2.24, 2.45) is 0 Å². The number of urea groups is 1. The van der Waals surface area contributed by atoms with E-state index in [0.717, 1.165) is 4.90 Å². The summed E-state index contributed by atoms with van der Waals surface area (Å²) in [4.78, 5) is 24.7. The van der Waals surface area contributed by atoms with Crippen molar-refractivity contribution in [3.8, 4) is 12.3 Å². The van der Waals surface area contributed by atoms with E-state index in [0.29, 0.717) is 15.7 Å². The number of carbonyl (C=O) groups excluding carboxylic acids is 2. The number of halogens is 2. The van der Waals surface area contributed by atoms with Crippen LogP contribution in [0.25, 0.3) is 0 Å². The van der Waals surface area contributed by atoms with Gasteiger partial charge in [-0.1, -0.05) is 23.2 Å². The molecular weight excluding hydrogens is 275 g/mol. The first-order chi connectivity index (χ1) is 8.52. The van der Waals surface area contributed by atoms with Crippen LogP contribution in [0, 0.1) is 12.3 Å². The first kappa shape index (κ1) is 12.7. The van der Waals surface area contributed by atoms with Crippen LogP contribution in [0.2, 0.25) is 10.0 Å². The van der Waals surface area contributed by atoms with Gasteiger partial charge in [0.1, 0.15) is 6.04 Å². The van der Waals surface area contributed by atoms with E-state index in [9.17, 15) is 9.59 Å². The van der Waals surface area contributed by atoms with Crippen molar-refractivity contribution < 1.29 is 9.59 Å². The molecule has 1 aliphatic rings. The maximum Gasteiger partial charge on any atom is 0.329 e. The van der Waals surface area contributed by atoms with E-state index < -0.39 is 18.0 Å². The molecule has 0 spiro atoms. The summed E-state index contributed by atoms with van der Waals surface area (Å²) in [5.74, 6) is 1.93. The van der Waals surface area contributed by atoms with Gasteiger partial charge in [0.15, 0.2) is 0 Å². The molecule has 1 atom stereocenters. The van der Waals surface area contributed by atoms with E-state index in [4.69, 9.17) is 29.6 Å². The van der Waals surface area contributed by atoms with Gasteiger partial charge in [-0.05, 0) is 18.2 Å². The Morgan fingerprint density at radius 3 is 2.44 bits per heavy atom. The second-order valence-electron chi connectivity index (χ2n) is 3.71. The number of terminal acetylenes is 1. The van der Waals surface area contributed by atoms with Crippen LogP contribution < -0.4 is 10.2 Å². The molecule has 1 aliphatic heterocycles. The van der Waals surface area contributed by atoms with Gasteiger partial charge in [0.2, 0.25) is 0 Å². The number of anilines is 1. The lowest BCUT2D eigenvalue weighted by Gasteiger charge is -2.13. The van der Waals surface area contributed by atoms with Gasteiger partial charge in [-0.3, -0.25) is 4.79 Å². The number of nitrogens with zero attached hydrogens (tertiary/aromatic N) is 1. The third-order valence-corrected chi connectivity index (χ3v) is 2.88. The highest BCUT2D eigenvalue weighted by Crippen LogP contribution is 2.27. The lowest BCUT2D eigenvalue weighted by Crippen LogP contribution is -2.31. The molecule has 92 valence electrons. The summed E-state index contributed by atoms with van der Waals surface area (Å²) in [6.45, 7) is 0. The largest absolute Gasteiger partial charge is 0.329 e. The fourth-order valence-corrected chi connectivity index (χ4v) is 2.21. The smallest absolute Gasteiger partial charge is 0.324 e. The van der Waals surface area contributed by atoms with Gasteiger partial charge in [-0.15, -0.1) is 12.3 Å². The molecule has 0 radical (unpaired) electrons. The lowest BCUT2D eigenvalue weighted by atomic mass is 10.2. The number of benzene rings is 1. The minimum atomic E-state index is -0.694. The quantitative estimate of drug-likeness (QED) is 0.669. The number of imide groups is 1. The molecule has 4 nitrogen and oxygen atoms in total. The van der Waals surface area contributed by atoms with Crippen molar-refractivity contribution in [2.45, 2.75) is 12.5 Å². The van der Waals surface area contributed by atoms with Crippen molar-refractivity contribution in [2.75, 3.05) is 4.90 Å². The van der Waals surface area contributed by atoms with Gasteiger partial charge in [0.05, 0.1) is 5.69 Å². The van der Waals surface area contributed by atoms with Gasteiger partial charge >= 0.3 is 6.03 Å². The molecule has 0 aliphatic carbocycles. The van der Waals surface area contributed by atoms with Crippen LogP contribution in [0.5, 0.6) is 0 Å². The summed E-state index contributed by atoms with van der Waals surface area (Å²) in [5, 5.41) is 3.19. The maximum atomic E-state index is 12.0. The maximum absolute atomic E-state index is 12.0. The molecule has 3 amide bonds. The molecule has 0 saturated carbocycles. The van der Waals surface area contributed by atoms with Crippen molar-refractivity contribution in [1.82, 2.24) is 5.32 Å². The molecule has 1 fully saturated rings. The predicted octanol–water partition coefficient (Wildman–Crippen LogP) is 2.44. The molecule has 1 saturated heterocycles. The zero-order valence-corrected chi connectivity index (χ0v) is 10.6. The Morgan fingerprint density at radius 2 is 1.89 bits per heavy atom. The SMILES string of the molecule is C#CCC1NC(=O)N(c2cc(Cl)cc(Cl)c2)C1=O. The van der Waals surface area contributed by atoms with Gasteiger partial charge in [-0.25, -0.2) is 9.69 Å². The highest BCUT2D eigenvalue weighted by atomic mass is 35.5. The normalized spacial score (nSPS) is 18.7. The number of nitrogens with one attached hydrogen (secondary N) is 1. The number of rotatable bonds is 2. The summed E-state index contributed by atoms with van der Waals surface area (Å²) in [7, 11) is 0. The van der Waals surface area contributed by atoms with Crippen molar-refractivity contribution in [3.05, 3.63) is 28.2 Å². The monoisotopic (exact) mass is 282 g/mol. The molecule has 1 N–H and O–H groups in total. The molecule has 1 unspecified atom stereocenters. The summed E-state index contributed by atoms with van der Waals surface area (Å²) in [6, 6.07) is 3.27. The molecule has 6 heteroatoms. The minimum absolute atomic E-state index is 0.148. The Bertz CT molecular complexity index is 545. The molecule has 1 aromatic carbocycles. The molecule has 1 heterocycles. The molecule has 18 heavy (non-hydrogen) atoms. The van der Waals surface area contributed by atoms with Gasteiger partial charge in [-0.2, -0.15) is 0 Å². The molecular formula is C12H8Cl2N2O2.